The zero-order valence-electron chi connectivity index (χ0n) is 8.20. The number of aromatic nitrogens is 2. The fourth-order valence-electron chi connectivity index (χ4n) is 1.32. The molecule has 0 aliphatic heterocycles. The van der Waals surface area contributed by atoms with Crippen LogP contribution in [0.3, 0.4) is 0 Å². The first-order valence-corrected chi connectivity index (χ1v) is 4.87. The molecule has 1 aromatic carbocycles. The third-order valence-corrected chi connectivity index (χ3v) is 2.33. The molecule has 0 unspecified atom stereocenters. The van der Waals surface area contributed by atoms with Crippen molar-refractivity contribution in [1.29, 1.82) is 0 Å². The van der Waals surface area contributed by atoms with E-state index in [0.29, 0.717) is 10.8 Å². The second-order valence-electron chi connectivity index (χ2n) is 3.22. The number of hydrogen-bond donors (Lipinski definition) is 3. The lowest BCUT2D eigenvalue weighted by molar-refractivity contribution is 0.0997. The highest BCUT2D eigenvalue weighted by Crippen LogP contribution is 2.21. The molecule has 0 spiro atoms. The quantitative estimate of drug-likeness (QED) is 0.735. The Morgan fingerprint density at radius 3 is 2.44 bits per heavy atom. The van der Waals surface area contributed by atoms with Gasteiger partial charge in [0.2, 0.25) is 0 Å². The Bertz CT molecular complexity index is 532. The molecule has 2 rings (SSSR count). The average Bonchev–Trinajstić information content (AvgIpc) is 2.61. The molecule has 1 aromatic heterocycles. The number of halogens is 1. The summed E-state index contributed by atoms with van der Waals surface area (Å²) in [5.74, 6) is -0.00520. The van der Waals surface area contributed by atoms with E-state index in [0.717, 1.165) is 5.56 Å². The number of rotatable bonds is 2. The number of imidazole rings is 1. The van der Waals surface area contributed by atoms with Crippen LogP contribution in [0.1, 0.15) is 10.5 Å². The van der Waals surface area contributed by atoms with Gasteiger partial charge in [-0.15, -0.1) is 0 Å². The van der Waals surface area contributed by atoms with Crippen molar-refractivity contribution in [2.24, 2.45) is 5.73 Å². The fourth-order valence-corrected chi connectivity index (χ4v) is 1.45. The van der Waals surface area contributed by atoms with E-state index >= 15 is 0 Å². The predicted octanol–water partition coefficient (Wildman–Crippen LogP) is 1.41. The molecule has 6 heteroatoms. The third kappa shape index (κ3) is 1.85. The van der Waals surface area contributed by atoms with E-state index in [4.69, 9.17) is 23.1 Å². The lowest BCUT2D eigenvalue weighted by Gasteiger charge is -1.95. The number of carbonyl (C=O) groups excluding carboxylic acids is 1. The molecule has 0 atom stereocenters. The van der Waals surface area contributed by atoms with E-state index in [2.05, 4.69) is 9.97 Å². The number of nitrogens with zero attached hydrogens (tertiary/aromatic N) is 1. The maximum Gasteiger partial charge on any atom is 0.271 e. The number of nitrogens with one attached hydrogen (secondary N) is 1. The number of anilines is 1. The maximum absolute atomic E-state index is 11.0. The van der Waals surface area contributed by atoms with Gasteiger partial charge in [0, 0.05) is 10.6 Å². The van der Waals surface area contributed by atoms with Gasteiger partial charge < -0.3 is 16.5 Å². The van der Waals surface area contributed by atoms with E-state index < -0.39 is 5.91 Å². The minimum Gasteiger partial charge on any atom is -0.383 e. The molecule has 5 N–H and O–H groups in total. The van der Waals surface area contributed by atoms with Gasteiger partial charge in [0.25, 0.3) is 5.91 Å². The standard InChI is InChI=1S/C10H9ClN4O/c11-6-3-1-5(2-4-6)10-14-7(9(13)16)8(12)15-10/h1-4H,12H2,(H2,13,16)(H,14,15). The van der Waals surface area contributed by atoms with Crippen LogP contribution in [0.5, 0.6) is 0 Å². The Labute approximate surface area is 96.4 Å². The van der Waals surface area contributed by atoms with Crippen LogP contribution in [0, 0.1) is 0 Å². The van der Waals surface area contributed by atoms with Crippen LogP contribution in [-0.4, -0.2) is 15.9 Å². The van der Waals surface area contributed by atoms with Crippen molar-refractivity contribution in [1.82, 2.24) is 9.97 Å². The van der Waals surface area contributed by atoms with Gasteiger partial charge in [-0.2, -0.15) is 0 Å². The highest BCUT2D eigenvalue weighted by Gasteiger charge is 2.13. The van der Waals surface area contributed by atoms with Gasteiger partial charge in [0.15, 0.2) is 5.69 Å². The number of amides is 1. The van der Waals surface area contributed by atoms with Crippen molar-refractivity contribution in [3.8, 4) is 11.4 Å². The molecular formula is C10H9ClN4O. The minimum absolute atomic E-state index is 0.0462. The van der Waals surface area contributed by atoms with Gasteiger partial charge in [-0.3, -0.25) is 4.79 Å². The zero-order valence-corrected chi connectivity index (χ0v) is 8.95. The normalized spacial score (nSPS) is 10.3. The van der Waals surface area contributed by atoms with Gasteiger partial charge >= 0.3 is 0 Å². The number of carbonyl (C=O) groups is 1. The SMILES string of the molecule is NC(=O)c1nc(-c2ccc(Cl)cc2)[nH]c1N. The number of benzene rings is 1. The monoisotopic (exact) mass is 236 g/mol. The summed E-state index contributed by atoms with van der Waals surface area (Å²) in [4.78, 5) is 17.8. The van der Waals surface area contributed by atoms with Crippen LogP contribution in [0.4, 0.5) is 5.82 Å². The van der Waals surface area contributed by atoms with E-state index in [1.807, 2.05) is 0 Å². The van der Waals surface area contributed by atoms with Gasteiger partial charge in [-0.1, -0.05) is 11.6 Å². The van der Waals surface area contributed by atoms with E-state index in [9.17, 15) is 4.79 Å². The van der Waals surface area contributed by atoms with Gasteiger partial charge in [-0.05, 0) is 24.3 Å². The molecule has 0 fully saturated rings. The smallest absolute Gasteiger partial charge is 0.271 e. The first-order chi connectivity index (χ1) is 7.58. The van der Waals surface area contributed by atoms with Crippen molar-refractivity contribution in [3.63, 3.8) is 0 Å². The number of aromatic amines is 1. The molecule has 2 aromatic rings. The number of H-pyrrole nitrogens is 1. The first kappa shape index (κ1) is 10.5. The van der Waals surface area contributed by atoms with Crippen molar-refractivity contribution >= 4 is 23.3 Å². The Kier molecular flexibility index (Phi) is 2.54. The van der Waals surface area contributed by atoms with E-state index in [-0.39, 0.29) is 11.5 Å². The Balaban J connectivity index is 2.45. The Morgan fingerprint density at radius 2 is 1.94 bits per heavy atom. The molecule has 1 heterocycles. The second-order valence-corrected chi connectivity index (χ2v) is 3.66. The minimum atomic E-state index is -0.658. The van der Waals surface area contributed by atoms with Gasteiger partial charge in [0.1, 0.15) is 11.6 Å². The summed E-state index contributed by atoms with van der Waals surface area (Å²) in [5, 5.41) is 0.624. The van der Waals surface area contributed by atoms with Crippen molar-refractivity contribution in [2.75, 3.05) is 5.73 Å². The van der Waals surface area contributed by atoms with Gasteiger partial charge in [-0.25, -0.2) is 4.98 Å². The van der Waals surface area contributed by atoms with Crippen LogP contribution in [0.2, 0.25) is 5.02 Å². The van der Waals surface area contributed by atoms with Gasteiger partial charge in [0.05, 0.1) is 0 Å². The van der Waals surface area contributed by atoms with Crippen molar-refractivity contribution < 1.29 is 4.79 Å². The summed E-state index contributed by atoms with van der Waals surface area (Å²) in [6.45, 7) is 0. The predicted molar refractivity (Wildman–Crippen MR) is 62.0 cm³/mol. The topological polar surface area (TPSA) is 97.8 Å². The molecule has 5 nitrogen and oxygen atoms in total. The first-order valence-electron chi connectivity index (χ1n) is 4.49. The average molecular weight is 237 g/mol. The van der Waals surface area contributed by atoms with Crippen LogP contribution >= 0.6 is 11.6 Å². The summed E-state index contributed by atoms with van der Waals surface area (Å²) in [6, 6.07) is 6.98. The van der Waals surface area contributed by atoms with Crippen LogP contribution in [0.25, 0.3) is 11.4 Å². The molecule has 16 heavy (non-hydrogen) atoms. The number of nitrogens with two attached hydrogens (primary N) is 2. The van der Waals surface area contributed by atoms with Crippen molar-refractivity contribution in [3.05, 3.63) is 35.0 Å². The molecule has 0 bridgehead atoms. The molecule has 0 saturated heterocycles. The molecule has 0 radical (unpaired) electrons. The summed E-state index contributed by atoms with van der Waals surface area (Å²) in [6.07, 6.45) is 0. The molecule has 0 saturated carbocycles. The summed E-state index contributed by atoms with van der Waals surface area (Å²) >= 11 is 5.76. The van der Waals surface area contributed by atoms with Crippen LogP contribution < -0.4 is 11.5 Å². The summed E-state index contributed by atoms with van der Waals surface area (Å²) < 4.78 is 0. The molecule has 82 valence electrons. The van der Waals surface area contributed by atoms with Crippen LogP contribution in [-0.2, 0) is 0 Å². The van der Waals surface area contributed by atoms with E-state index in [1.165, 1.54) is 0 Å². The molecule has 0 aliphatic rings. The van der Waals surface area contributed by atoms with Crippen molar-refractivity contribution in [2.45, 2.75) is 0 Å². The van der Waals surface area contributed by atoms with E-state index in [1.54, 1.807) is 24.3 Å². The Hall–Kier alpha value is -2.01. The highest BCUT2D eigenvalue weighted by molar-refractivity contribution is 6.30. The lowest BCUT2D eigenvalue weighted by atomic mass is 10.2. The van der Waals surface area contributed by atoms with Crippen LogP contribution in [0.15, 0.2) is 24.3 Å². The largest absolute Gasteiger partial charge is 0.383 e. The number of nitrogen functional groups attached to an aromatic ring is 1. The highest BCUT2D eigenvalue weighted by atomic mass is 35.5. The zero-order chi connectivity index (χ0) is 11.7. The number of primary amides is 1. The fraction of sp³-hybridized carbons (Fsp3) is 0. The maximum atomic E-state index is 11.0. The second kappa shape index (κ2) is 3.86. The number of hydrogen-bond acceptors (Lipinski definition) is 3. The summed E-state index contributed by atoms with van der Waals surface area (Å²) in [5.41, 5.74) is 11.5. The molecule has 1 amide bonds. The lowest BCUT2D eigenvalue weighted by Crippen LogP contribution is -2.13. The molecule has 0 aliphatic carbocycles. The summed E-state index contributed by atoms with van der Waals surface area (Å²) in [7, 11) is 0. The Morgan fingerprint density at radius 1 is 1.31 bits per heavy atom. The third-order valence-electron chi connectivity index (χ3n) is 2.08. The molecular weight excluding hydrogens is 228 g/mol.